The van der Waals surface area contributed by atoms with Gasteiger partial charge < -0.3 is 0 Å². The van der Waals surface area contributed by atoms with Gasteiger partial charge in [-0.2, -0.15) is 0 Å². The lowest BCUT2D eigenvalue weighted by molar-refractivity contribution is 0.926. The van der Waals surface area contributed by atoms with E-state index < -0.39 is 8.07 Å². The second kappa shape index (κ2) is 15.2. The minimum absolute atomic E-state index is 0.438. The summed E-state index contributed by atoms with van der Waals surface area (Å²) in [5.74, 6) is 2.83. The van der Waals surface area contributed by atoms with E-state index in [9.17, 15) is 0 Å². The van der Waals surface area contributed by atoms with Crippen LogP contribution in [0.5, 0.6) is 0 Å². The van der Waals surface area contributed by atoms with Crippen molar-refractivity contribution in [1.82, 2.24) is 19.9 Å². The molecule has 6 heteroatoms. The number of nitrogens with zero attached hydrogens (tertiary/aromatic N) is 5. The first-order chi connectivity index (χ1) is 29.0. The van der Waals surface area contributed by atoms with Crippen LogP contribution in [-0.4, -0.2) is 28.0 Å². The zero-order valence-corrected chi connectivity index (χ0v) is 34.0. The van der Waals surface area contributed by atoms with Gasteiger partial charge in [0.15, 0.2) is 11.6 Å². The third-order valence-electron chi connectivity index (χ3n) is 11.4. The number of para-hydroxylation sites is 2. The van der Waals surface area contributed by atoms with Crippen LogP contribution in [0.4, 0.5) is 17.2 Å². The van der Waals surface area contributed by atoms with Crippen molar-refractivity contribution in [3.8, 4) is 56.2 Å². The van der Waals surface area contributed by atoms with Gasteiger partial charge in [-0.1, -0.05) is 183 Å². The van der Waals surface area contributed by atoms with E-state index >= 15 is 0 Å². The van der Waals surface area contributed by atoms with Crippen LogP contribution in [0, 0.1) is 0 Å². The van der Waals surface area contributed by atoms with Crippen molar-refractivity contribution < 1.29 is 0 Å². The molecule has 2 aromatic heterocycles. The van der Waals surface area contributed by atoms with Crippen molar-refractivity contribution in [3.63, 3.8) is 0 Å². The van der Waals surface area contributed by atoms with Crippen molar-refractivity contribution in [2.75, 3.05) is 4.90 Å². The van der Waals surface area contributed by atoms with Gasteiger partial charge in [-0.15, -0.1) is 0 Å². The highest BCUT2D eigenvalue weighted by Gasteiger charge is 2.39. The quantitative estimate of drug-likeness (QED) is 0.144. The first-order valence-electron chi connectivity index (χ1n) is 20.1. The molecule has 3 heterocycles. The molecule has 0 saturated heterocycles. The third-order valence-corrected chi connectivity index (χ3v) is 14.9. The summed E-state index contributed by atoms with van der Waals surface area (Å²) >= 11 is 0. The zero-order chi connectivity index (χ0) is 39.8. The van der Waals surface area contributed by atoms with Crippen molar-refractivity contribution in [3.05, 3.63) is 212 Å². The number of hydrogen-bond acceptors (Lipinski definition) is 5. The summed E-state index contributed by atoms with van der Waals surface area (Å²) < 4.78 is 0. The Kier molecular flexibility index (Phi) is 9.32. The van der Waals surface area contributed by atoms with Gasteiger partial charge >= 0.3 is 0 Å². The summed E-state index contributed by atoms with van der Waals surface area (Å²) in [6.45, 7) is 4.90. The predicted octanol–water partition coefficient (Wildman–Crippen LogP) is 11.8. The molecule has 282 valence electrons. The van der Waals surface area contributed by atoms with Crippen LogP contribution >= 0.6 is 0 Å². The minimum Gasteiger partial charge on any atom is -0.295 e. The molecule has 1 aliphatic heterocycles. The highest BCUT2D eigenvalue weighted by molar-refractivity contribution is 7.02. The molecule has 9 aromatic rings. The van der Waals surface area contributed by atoms with Gasteiger partial charge in [-0.05, 0) is 62.5 Å². The predicted molar refractivity (Wildman–Crippen MR) is 245 cm³/mol. The Morgan fingerprint density at radius 3 is 1.44 bits per heavy atom. The van der Waals surface area contributed by atoms with Crippen molar-refractivity contribution in [2.24, 2.45) is 0 Å². The second-order valence-corrected chi connectivity index (χ2v) is 19.8. The molecule has 0 saturated carbocycles. The fourth-order valence-electron chi connectivity index (χ4n) is 8.44. The molecule has 0 unspecified atom stereocenters. The van der Waals surface area contributed by atoms with Gasteiger partial charge in [-0.25, -0.2) is 19.9 Å². The first kappa shape index (κ1) is 36.1. The van der Waals surface area contributed by atoms with Crippen LogP contribution in [0.25, 0.3) is 56.2 Å². The van der Waals surface area contributed by atoms with Crippen LogP contribution in [0.3, 0.4) is 0 Å². The van der Waals surface area contributed by atoms with E-state index in [2.05, 4.69) is 176 Å². The molecule has 0 aliphatic carbocycles. The summed E-state index contributed by atoms with van der Waals surface area (Å²) in [7, 11) is -2.03. The molecule has 0 atom stereocenters. The Morgan fingerprint density at radius 2 is 0.898 bits per heavy atom. The molecular formula is C53H41N5Si. The van der Waals surface area contributed by atoms with Crippen molar-refractivity contribution in [1.29, 1.82) is 0 Å². The van der Waals surface area contributed by atoms with E-state index in [-0.39, 0.29) is 0 Å². The molecule has 7 aromatic carbocycles. The molecule has 0 bridgehead atoms. The summed E-state index contributed by atoms with van der Waals surface area (Å²) in [6.07, 6.45) is 2.47. The fraction of sp³-hybridized carbons (Fsp3) is 0.0566. The monoisotopic (exact) mass is 775 g/mol. The Balaban J connectivity index is 1.18. The van der Waals surface area contributed by atoms with E-state index in [0.717, 1.165) is 33.6 Å². The highest BCUT2D eigenvalue weighted by Crippen LogP contribution is 2.41. The molecule has 0 amide bonds. The average Bonchev–Trinajstić information content (AvgIpc) is 3.30. The molecule has 10 rings (SSSR count). The minimum atomic E-state index is -2.03. The maximum absolute atomic E-state index is 5.43. The van der Waals surface area contributed by atoms with Crippen LogP contribution in [0.2, 0.25) is 13.1 Å². The lowest BCUT2D eigenvalue weighted by atomic mass is 9.91. The molecular weight excluding hydrogens is 735 g/mol. The number of anilines is 3. The van der Waals surface area contributed by atoms with Crippen LogP contribution in [0.1, 0.15) is 11.4 Å². The number of hydrogen-bond donors (Lipinski definition) is 0. The maximum Gasteiger partial charge on any atom is 0.163 e. The van der Waals surface area contributed by atoms with Gasteiger partial charge in [0.1, 0.15) is 19.7 Å². The Morgan fingerprint density at radius 1 is 0.424 bits per heavy atom. The summed E-state index contributed by atoms with van der Waals surface area (Å²) in [5, 5.41) is 2.77. The number of fused-ring (bicyclic) bond motifs is 2. The maximum atomic E-state index is 5.43. The van der Waals surface area contributed by atoms with E-state index in [1.165, 1.54) is 44.0 Å². The zero-order valence-electron chi connectivity index (χ0n) is 33.0. The standard InChI is InChI=1S/C53H41N5Si/c1-59(2)48-29-17-15-27-46(48)58(47-28-16-18-30-49(47)59)53-42(35-50-55-51(39-23-11-5-12-24-39)57-52(56-50)40-25-13-6-14-26-40)33-43(36-54-53)41-31-32-44(37-19-7-3-8-20-37)45(34-41)38-21-9-4-10-22-38/h3-34,36H,35H2,1-2H3. The molecule has 0 N–H and O–H groups in total. The van der Waals surface area contributed by atoms with Gasteiger partial charge in [0.25, 0.3) is 0 Å². The van der Waals surface area contributed by atoms with E-state index in [0.29, 0.717) is 23.9 Å². The molecule has 0 radical (unpaired) electrons. The molecule has 0 fully saturated rings. The van der Waals surface area contributed by atoms with Gasteiger partial charge in [0.2, 0.25) is 0 Å². The number of aromatic nitrogens is 4. The largest absolute Gasteiger partial charge is 0.295 e. The van der Waals surface area contributed by atoms with E-state index in [1.807, 2.05) is 42.6 Å². The van der Waals surface area contributed by atoms with E-state index in [4.69, 9.17) is 19.9 Å². The van der Waals surface area contributed by atoms with Crippen LogP contribution < -0.4 is 15.3 Å². The normalized spacial score (nSPS) is 12.7. The van der Waals surface area contributed by atoms with E-state index in [1.54, 1.807) is 0 Å². The molecule has 59 heavy (non-hydrogen) atoms. The lowest BCUT2D eigenvalue weighted by Gasteiger charge is -2.41. The fourth-order valence-corrected chi connectivity index (χ4v) is 11.4. The topological polar surface area (TPSA) is 54.8 Å². The number of pyridine rings is 1. The van der Waals surface area contributed by atoms with Gasteiger partial charge in [0, 0.05) is 46.2 Å². The second-order valence-electron chi connectivity index (χ2n) is 15.5. The first-order valence-corrected chi connectivity index (χ1v) is 23.1. The summed E-state index contributed by atoms with van der Waals surface area (Å²) in [4.78, 5) is 23.1. The Labute approximate surface area is 346 Å². The summed E-state index contributed by atoms with van der Waals surface area (Å²) in [6, 6.07) is 68.4. The number of rotatable bonds is 8. The summed E-state index contributed by atoms with van der Waals surface area (Å²) in [5.41, 5.74) is 12.1. The van der Waals surface area contributed by atoms with Gasteiger partial charge in [-0.3, -0.25) is 4.90 Å². The molecule has 5 nitrogen and oxygen atoms in total. The molecule has 0 spiro atoms. The Bertz CT molecular complexity index is 2830. The van der Waals surface area contributed by atoms with Crippen molar-refractivity contribution >= 4 is 35.6 Å². The Hall–Kier alpha value is -7.28. The highest BCUT2D eigenvalue weighted by atomic mass is 28.3. The molecule has 1 aliphatic rings. The number of benzene rings is 7. The third kappa shape index (κ3) is 6.83. The van der Waals surface area contributed by atoms with Crippen LogP contribution in [-0.2, 0) is 6.42 Å². The van der Waals surface area contributed by atoms with Crippen molar-refractivity contribution in [2.45, 2.75) is 19.5 Å². The van der Waals surface area contributed by atoms with Crippen LogP contribution in [0.15, 0.2) is 200 Å². The van der Waals surface area contributed by atoms with Gasteiger partial charge in [0.05, 0.1) is 0 Å². The SMILES string of the molecule is C[Si]1(C)c2ccccc2N(c2ncc(-c3ccc(-c4ccccc4)c(-c4ccccc4)c3)cc2Cc2nc(-c3ccccc3)nc(-c3ccccc3)n2)c2ccccc21. The lowest BCUT2D eigenvalue weighted by Crippen LogP contribution is -2.58. The average molecular weight is 776 g/mol. The smallest absolute Gasteiger partial charge is 0.163 e.